The van der Waals surface area contributed by atoms with Crippen LogP contribution < -0.4 is 4.72 Å². The van der Waals surface area contributed by atoms with Crippen LogP contribution >= 0.6 is 0 Å². The predicted octanol–water partition coefficient (Wildman–Crippen LogP) is 6.12. The largest absolute Gasteiger partial charge is 0.392 e. The third-order valence-corrected chi connectivity index (χ3v) is 9.25. The third kappa shape index (κ3) is 5.68. The van der Waals surface area contributed by atoms with Gasteiger partial charge < -0.3 is 19.1 Å². The highest BCUT2D eigenvalue weighted by Crippen LogP contribution is 2.39. The van der Waals surface area contributed by atoms with Crippen molar-refractivity contribution >= 4 is 37.6 Å². The molecule has 44 heavy (non-hydrogen) atoms. The first-order valence-corrected chi connectivity index (χ1v) is 15.8. The first kappa shape index (κ1) is 28.2. The zero-order valence-electron chi connectivity index (χ0n) is 23.7. The number of ether oxygens (including phenoxy) is 2. The summed E-state index contributed by atoms with van der Waals surface area (Å²) in [5.74, 6) is 0. The topological polar surface area (TPSA) is 116 Å². The molecule has 0 aliphatic carbocycles. The van der Waals surface area contributed by atoms with Crippen LogP contribution in [0.3, 0.4) is 0 Å². The van der Waals surface area contributed by atoms with E-state index in [1.54, 1.807) is 42.6 Å². The Morgan fingerprint density at radius 2 is 1.68 bits per heavy atom. The Morgan fingerprint density at radius 3 is 2.55 bits per heavy atom. The molecule has 1 saturated heterocycles. The van der Waals surface area contributed by atoms with Gasteiger partial charge in [0.2, 0.25) is 0 Å². The Labute approximate surface area is 254 Å². The van der Waals surface area contributed by atoms with Crippen molar-refractivity contribution in [3.05, 3.63) is 132 Å². The van der Waals surface area contributed by atoms with Crippen LogP contribution in [-0.2, 0) is 32.6 Å². The van der Waals surface area contributed by atoms with Crippen LogP contribution in [-0.4, -0.2) is 34.2 Å². The van der Waals surface area contributed by atoms with E-state index in [-0.39, 0.29) is 23.7 Å². The number of hydrogen-bond acceptors (Lipinski definition) is 7. The fourth-order valence-electron chi connectivity index (χ4n) is 5.66. The molecule has 2 N–H and O–H groups in total. The zero-order chi connectivity index (χ0) is 30.1. The van der Waals surface area contributed by atoms with E-state index in [0.29, 0.717) is 29.7 Å². The van der Waals surface area contributed by atoms with Crippen molar-refractivity contribution in [1.82, 2.24) is 14.5 Å². The van der Waals surface area contributed by atoms with Crippen molar-refractivity contribution < 1.29 is 23.0 Å². The highest BCUT2D eigenvalue weighted by Gasteiger charge is 2.33. The monoisotopic (exact) mass is 606 g/mol. The first-order valence-electron chi connectivity index (χ1n) is 14.3. The Kier molecular flexibility index (Phi) is 7.57. The van der Waals surface area contributed by atoms with E-state index in [9.17, 15) is 13.5 Å². The molecule has 3 atom stereocenters. The smallest absolute Gasteiger partial charge is 0.264 e. The molecular weight excluding hydrogens is 576 g/mol. The van der Waals surface area contributed by atoms with E-state index < -0.39 is 16.3 Å². The molecule has 222 valence electrons. The normalized spacial score (nSPS) is 18.9. The molecular formula is C34H30N4O5S. The van der Waals surface area contributed by atoms with E-state index in [4.69, 9.17) is 9.47 Å². The highest BCUT2D eigenvalue weighted by molar-refractivity contribution is 7.93. The van der Waals surface area contributed by atoms with Gasteiger partial charge in [-0.1, -0.05) is 66.7 Å². The summed E-state index contributed by atoms with van der Waals surface area (Å²) in [6.07, 6.45) is 2.73. The number of pyridine rings is 1. The molecule has 0 amide bonds. The Morgan fingerprint density at radius 1 is 0.864 bits per heavy atom. The van der Waals surface area contributed by atoms with Crippen LogP contribution in [0, 0.1) is 0 Å². The molecule has 6 aromatic rings. The summed E-state index contributed by atoms with van der Waals surface area (Å²) >= 11 is 0. The van der Waals surface area contributed by atoms with Gasteiger partial charge in [0.05, 0.1) is 48.2 Å². The standard InChI is InChI=1S/C34H30N4O5S/c39-21-23-13-15-24(16-14-23)31-19-28(20-38-22-36-29-10-1-2-11-30(29)38)42-34(43-31)26-7-3-9-27(18-26)37-44(40,41)32-12-4-6-25-8-5-17-35-33(25)32/h1-18,22,28,31,34,37,39H,19-21H2. The number of aliphatic hydroxyl groups is 1. The summed E-state index contributed by atoms with van der Waals surface area (Å²) in [6, 6.07) is 31.4. The Hall–Kier alpha value is -4.61. The van der Waals surface area contributed by atoms with Crippen LogP contribution in [0.1, 0.15) is 35.5 Å². The molecule has 1 aliphatic rings. The second kappa shape index (κ2) is 11.8. The molecule has 0 radical (unpaired) electrons. The summed E-state index contributed by atoms with van der Waals surface area (Å²) in [4.78, 5) is 8.94. The van der Waals surface area contributed by atoms with Gasteiger partial charge in [-0.2, -0.15) is 0 Å². The number of nitrogens with zero attached hydrogens (tertiary/aromatic N) is 3. The minimum absolute atomic E-state index is 0.0363. The lowest BCUT2D eigenvalue weighted by Gasteiger charge is -2.36. The number of benzene rings is 4. The quantitative estimate of drug-likeness (QED) is 0.214. The van der Waals surface area contributed by atoms with Gasteiger partial charge in [-0.05, 0) is 47.5 Å². The number of nitrogens with one attached hydrogen (secondary N) is 1. The highest BCUT2D eigenvalue weighted by atomic mass is 32.2. The van der Waals surface area contributed by atoms with E-state index in [0.717, 1.165) is 27.5 Å². The molecule has 3 heterocycles. The molecule has 1 aliphatic heterocycles. The van der Waals surface area contributed by atoms with E-state index >= 15 is 0 Å². The summed E-state index contributed by atoms with van der Waals surface area (Å²) < 4.78 is 44.8. The van der Waals surface area contributed by atoms with Gasteiger partial charge in [0.25, 0.3) is 10.0 Å². The summed E-state index contributed by atoms with van der Waals surface area (Å²) in [7, 11) is -3.94. The average Bonchev–Trinajstić information content (AvgIpc) is 3.46. The number of hydrogen-bond donors (Lipinski definition) is 2. The molecule has 0 spiro atoms. The lowest BCUT2D eigenvalue weighted by atomic mass is 10.00. The lowest BCUT2D eigenvalue weighted by molar-refractivity contribution is -0.252. The Bertz CT molecular complexity index is 2040. The van der Waals surface area contributed by atoms with Crippen molar-refractivity contribution in [2.24, 2.45) is 0 Å². The van der Waals surface area contributed by atoms with Crippen molar-refractivity contribution in [1.29, 1.82) is 0 Å². The molecule has 7 rings (SSSR count). The third-order valence-electron chi connectivity index (χ3n) is 7.84. The maximum absolute atomic E-state index is 13.5. The minimum atomic E-state index is -3.94. The van der Waals surface area contributed by atoms with Crippen LogP contribution in [0.4, 0.5) is 5.69 Å². The number of anilines is 1. The van der Waals surface area contributed by atoms with Gasteiger partial charge >= 0.3 is 0 Å². The molecule has 9 nitrogen and oxygen atoms in total. The number of aliphatic hydroxyl groups excluding tert-OH is 1. The molecule has 1 fully saturated rings. The Balaban J connectivity index is 1.18. The predicted molar refractivity (Wildman–Crippen MR) is 167 cm³/mol. The molecule has 10 heteroatoms. The SMILES string of the molecule is O=S(=O)(Nc1cccc(C2OC(Cn3cnc4ccccc43)CC(c3ccc(CO)cc3)O2)c1)c1cccc2cccnc12. The van der Waals surface area contributed by atoms with Crippen molar-refractivity contribution in [2.75, 3.05) is 4.72 Å². The van der Waals surface area contributed by atoms with E-state index in [1.807, 2.05) is 73.1 Å². The van der Waals surface area contributed by atoms with Gasteiger partial charge in [-0.25, -0.2) is 13.4 Å². The number of aromatic nitrogens is 3. The fraction of sp³-hybridized carbons (Fsp3) is 0.176. The summed E-state index contributed by atoms with van der Waals surface area (Å²) in [5, 5.41) is 10.3. The van der Waals surface area contributed by atoms with Crippen LogP contribution in [0.25, 0.3) is 21.9 Å². The van der Waals surface area contributed by atoms with Gasteiger partial charge in [0, 0.05) is 29.3 Å². The van der Waals surface area contributed by atoms with E-state index in [2.05, 4.69) is 19.3 Å². The van der Waals surface area contributed by atoms with Crippen molar-refractivity contribution in [2.45, 2.75) is 43.0 Å². The maximum Gasteiger partial charge on any atom is 0.264 e. The molecule has 3 unspecified atom stereocenters. The molecule has 4 aromatic carbocycles. The van der Waals surface area contributed by atoms with Gasteiger partial charge in [-0.3, -0.25) is 9.71 Å². The van der Waals surface area contributed by atoms with Crippen LogP contribution in [0.5, 0.6) is 0 Å². The number of sulfonamides is 1. The lowest BCUT2D eigenvalue weighted by Crippen LogP contribution is -2.32. The maximum atomic E-state index is 13.5. The van der Waals surface area contributed by atoms with Crippen LogP contribution in [0.2, 0.25) is 0 Å². The fourth-order valence-corrected chi connectivity index (χ4v) is 6.89. The van der Waals surface area contributed by atoms with Crippen molar-refractivity contribution in [3.8, 4) is 0 Å². The number of imidazole rings is 1. The second-order valence-corrected chi connectivity index (χ2v) is 12.4. The number of para-hydroxylation sites is 3. The van der Waals surface area contributed by atoms with Crippen LogP contribution in [0.15, 0.2) is 121 Å². The van der Waals surface area contributed by atoms with Gasteiger partial charge in [-0.15, -0.1) is 0 Å². The first-order chi connectivity index (χ1) is 21.5. The molecule has 2 aromatic heterocycles. The number of fused-ring (bicyclic) bond motifs is 2. The van der Waals surface area contributed by atoms with Gasteiger partial charge in [0.15, 0.2) is 6.29 Å². The molecule has 0 bridgehead atoms. The van der Waals surface area contributed by atoms with Crippen molar-refractivity contribution in [3.63, 3.8) is 0 Å². The number of rotatable bonds is 8. The van der Waals surface area contributed by atoms with E-state index in [1.165, 1.54) is 0 Å². The molecule has 0 saturated carbocycles. The summed E-state index contributed by atoms with van der Waals surface area (Å²) in [6.45, 7) is 0.525. The zero-order valence-corrected chi connectivity index (χ0v) is 24.5. The average molecular weight is 607 g/mol. The summed E-state index contributed by atoms with van der Waals surface area (Å²) in [5.41, 5.74) is 5.18. The second-order valence-electron chi connectivity index (χ2n) is 10.8. The minimum Gasteiger partial charge on any atom is -0.392 e. The van der Waals surface area contributed by atoms with Gasteiger partial charge in [0.1, 0.15) is 4.90 Å².